The maximum Gasteiger partial charge on any atom is 0.336 e. The normalized spacial score (nSPS) is 19.3. The molecule has 0 spiro atoms. The van der Waals surface area contributed by atoms with Gasteiger partial charge in [-0.1, -0.05) is 13.0 Å². The van der Waals surface area contributed by atoms with Crippen LogP contribution in [0.3, 0.4) is 0 Å². The van der Waals surface area contributed by atoms with Gasteiger partial charge in [-0.2, -0.15) is 11.8 Å². The predicted octanol–water partition coefficient (Wildman–Crippen LogP) is 5.43. The number of carbonyl (C=O) groups is 2. The van der Waals surface area contributed by atoms with Crippen molar-refractivity contribution in [2.24, 2.45) is 0 Å². The van der Waals surface area contributed by atoms with Gasteiger partial charge in [-0.05, 0) is 48.2 Å². The van der Waals surface area contributed by atoms with Gasteiger partial charge >= 0.3 is 5.97 Å². The Morgan fingerprint density at radius 1 is 1.14 bits per heavy atom. The Bertz CT molecular complexity index is 1190. The number of nitrogens with one attached hydrogen (secondary N) is 1. The third-order valence-corrected chi connectivity index (χ3v) is 8.58. The van der Waals surface area contributed by atoms with Crippen LogP contribution in [0, 0.1) is 0 Å². The monoisotopic (exact) mass is 543 g/mol. The summed E-state index contributed by atoms with van der Waals surface area (Å²) in [6, 6.07) is 7.72. The van der Waals surface area contributed by atoms with Crippen LogP contribution in [0.4, 0.5) is 0 Å². The molecule has 9 heteroatoms. The lowest BCUT2D eigenvalue weighted by molar-refractivity contribution is -0.138. The van der Waals surface area contributed by atoms with Crippen molar-refractivity contribution < 1.29 is 28.5 Å². The second-order valence-electron chi connectivity index (χ2n) is 8.82. The van der Waals surface area contributed by atoms with E-state index in [0.29, 0.717) is 64.9 Å². The lowest BCUT2D eigenvalue weighted by Crippen LogP contribution is -2.36. The number of Topliss-reactive ketones (excluding diaryl/α,β-unsaturated/α-hetero) is 1. The molecular weight excluding hydrogens is 510 g/mol. The fourth-order valence-electron chi connectivity index (χ4n) is 5.05. The molecule has 0 amide bonds. The molecule has 1 aliphatic heterocycles. The first-order chi connectivity index (χ1) is 17.9. The zero-order chi connectivity index (χ0) is 26.5. The molecule has 7 nitrogen and oxygen atoms in total. The van der Waals surface area contributed by atoms with E-state index in [2.05, 4.69) is 18.3 Å². The third-order valence-electron chi connectivity index (χ3n) is 6.68. The Kier molecular flexibility index (Phi) is 8.87. The summed E-state index contributed by atoms with van der Waals surface area (Å²) in [5.74, 6) is 2.11. The molecule has 1 aliphatic carbocycles. The van der Waals surface area contributed by atoms with E-state index in [1.165, 1.54) is 4.88 Å². The van der Waals surface area contributed by atoms with Gasteiger partial charge in [-0.15, -0.1) is 11.3 Å². The number of hydrogen-bond acceptors (Lipinski definition) is 9. The molecule has 2 aliphatic rings. The van der Waals surface area contributed by atoms with Crippen molar-refractivity contribution in [2.45, 2.75) is 38.5 Å². The van der Waals surface area contributed by atoms with E-state index in [1.54, 1.807) is 44.4 Å². The minimum atomic E-state index is -0.618. The molecule has 0 radical (unpaired) electrons. The third kappa shape index (κ3) is 5.52. The van der Waals surface area contributed by atoms with Crippen LogP contribution >= 0.6 is 23.1 Å². The van der Waals surface area contributed by atoms with Crippen LogP contribution in [0.25, 0.3) is 0 Å². The average Bonchev–Trinajstić information content (AvgIpc) is 3.44. The Morgan fingerprint density at radius 3 is 2.46 bits per heavy atom. The van der Waals surface area contributed by atoms with Crippen molar-refractivity contribution >= 4 is 34.9 Å². The molecule has 2 heterocycles. The number of thioether (sulfide) groups is 1. The van der Waals surface area contributed by atoms with Crippen LogP contribution in [-0.4, -0.2) is 51.2 Å². The highest BCUT2D eigenvalue weighted by molar-refractivity contribution is 7.99. The minimum absolute atomic E-state index is 0.0187. The number of dihydropyridines is 1. The highest BCUT2D eigenvalue weighted by Crippen LogP contribution is 2.49. The van der Waals surface area contributed by atoms with Crippen LogP contribution in [0.2, 0.25) is 0 Å². The summed E-state index contributed by atoms with van der Waals surface area (Å²) < 4.78 is 22.4. The molecule has 37 heavy (non-hydrogen) atoms. The van der Waals surface area contributed by atoms with Gasteiger partial charge in [-0.3, -0.25) is 4.79 Å². The summed E-state index contributed by atoms with van der Waals surface area (Å²) in [6.07, 6.45) is 1.08. The summed E-state index contributed by atoms with van der Waals surface area (Å²) >= 11 is 3.37. The average molecular weight is 544 g/mol. The molecular formula is C28H33NO6S2. The lowest BCUT2D eigenvalue weighted by atomic mass is 9.72. The zero-order valence-corrected chi connectivity index (χ0v) is 23.5. The van der Waals surface area contributed by atoms with E-state index in [1.807, 2.05) is 30.5 Å². The van der Waals surface area contributed by atoms with E-state index in [9.17, 15) is 9.59 Å². The van der Waals surface area contributed by atoms with Gasteiger partial charge in [-0.25, -0.2) is 4.79 Å². The number of esters is 1. The molecule has 1 N–H and O–H groups in total. The summed E-state index contributed by atoms with van der Waals surface area (Å²) in [6.45, 7) is 4.23. The number of ether oxygens (including phenoxy) is 4. The van der Waals surface area contributed by atoms with Crippen molar-refractivity contribution in [3.05, 3.63) is 62.6 Å². The number of carbonyl (C=O) groups excluding carboxylic acids is 2. The highest BCUT2D eigenvalue weighted by Gasteiger charge is 2.42. The number of rotatable bonds is 10. The minimum Gasteiger partial charge on any atom is -0.493 e. The van der Waals surface area contributed by atoms with Gasteiger partial charge in [0.25, 0.3) is 0 Å². The number of ketones is 1. The number of allylic oxidation sites excluding steroid dienone is 3. The van der Waals surface area contributed by atoms with Gasteiger partial charge in [0.15, 0.2) is 17.3 Å². The van der Waals surface area contributed by atoms with Crippen molar-refractivity contribution in [2.75, 3.05) is 39.4 Å². The molecule has 198 valence electrons. The van der Waals surface area contributed by atoms with Crippen LogP contribution < -0.4 is 19.5 Å². The molecule has 1 aromatic carbocycles. The maximum atomic E-state index is 13.8. The van der Waals surface area contributed by atoms with E-state index in [0.717, 1.165) is 11.4 Å². The Labute approximate surface area is 226 Å². The van der Waals surface area contributed by atoms with Gasteiger partial charge < -0.3 is 24.3 Å². The zero-order valence-electron chi connectivity index (χ0n) is 21.8. The van der Waals surface area contributed by atoms with Crippen LogP contribution in [0.15, 0.2) is 52.2 Å². The molecule has 0 saturated carbocycles. The summed E-state index contributed by atoms with van der Waals surface area (Å²) in [7, 11) is 4.64. The van der Waals surface area contributed by atoms with E-state index in [4.69, 9.17) is 18.9 Å². The summed E-state index contributed by atoms with van der Waals surface area (Å²) in [5, 5.41) is 5.44. The smallest absolute Gasteiger partial charge is 0.336 e. The van der Waals surface area contributed by atoms with E-state index >= 15 is 0 Å². The van der Waals surface area contributed by atoms with Gasteiger partial charge in [0, 0.05) is 45.9 Å². The molecule has 1 aromatic heterocycles. The fourth-order valence-corrected chi connectivity index (χ4v) is 6.37. The largest absolute Gasteiger partial charge is 0.493 e. The second kappa shape index (κ2) is 12.1. The number of methoxy groups -OCH3 is 3. The molecule has 4 rings (SSSR count). The molecule has 0 saturated heterocycles. The highest BCUT2D eigenvalue weighted by atomic mass is 32.2. The first kappa shape index (κ1) is 27.1. The molecule has 2 atom stereocenters. The Hall–Kier alpha value is -2.91. The van der Waals surface area contributed by atoms with Gasteiger partial charge in [0.2, 0.25) is 5.75 Å². The number of benzene rings is 1. The Balaban J connectivity index is 1.82. The van der Waals surface area contributed by atoms with Crippen LogP contribution in [0.5, 0.6) is 17.2 Å². The SMILES string of the molecule is CCSCCOC(=O)C1=C(C)NC2=C(C(=O)C[C@H](c3cccs3)C2)[C@H]1c1cc(OC)c(OC)c(OC)c1. The van der Waals surface area contributed by atoms with Crippen molar-refractivity contribution in [1.82, 2.24) is 5.32 Å². The predicted molar refractivity (Wildman–Crippen MR) is 147 cm³/mol. The van der Waals surface area contributed by atoms with E-state index in [-0.39, 0.29) is 11.7 Å². The standard InChI is InChI=1S/C28H33NO6S2/c1-6-36-11-9-35-28(31)24-16(2)29-19-12-17(23-8-7-10-37-23)13-20(30)26(19)25(24)18-14-21(32-3)27(34-5)22(15-18)33-4/h7-8,10,14-15,17,25,29H,6,9,11-13H2,1-5H3/t17-,25+/m1/s1. The quantitative estimate of drug-likeness (QED) is 0.314. The van der Waals surface area contributed by atoms with Crippen molar-refractivity contribution in [3.63, 3.8) is 0 Å². The van der Waals surface area contributed by atoms with Crippen LogP contribution in [-0.2, 0) is 14.3 Å². The summed E-state index contributed by atoms with van der Waals surface area (Å²) in [4.78, 5) is 28.4. The number of hydrogen-bond donors (Lipinski definition) is 1. The topological polar surface area (TPSA) is 83.1 Å². The lowest BCUT2D eigenvalue weighted by Gasteiger charge is -2.36. The van der Waals surface area contributed by atoms with Crippen molar-refractivity contribution in [3.8, 4) is 17.2 Å². The maximum absolute atomic E-state index is 13.8. The summed E-state index contributed by atoms with van der Waals surface area (Å²) in [5.41, 5.74) is 3.27. The van der Waals surface area contributed by atoms with Gasteiger partial charge in [0.05, 0.1) is 26.9 Å². The first-order valence-corrected chi connectivity index (χ1v) is 14.3. The van der Waals surface area contributed by atoms with Crippen LogP contribution in [0.1, 0.15) is 49.0 Å². The number of thiophene rings is 1. The molecule has 2 aromatic rings. The molecule has 0 bridgehead atoms. The van der Waals surface area contributed by atoms with E-state index < -0.39 is 11.9 Å². The van der Waals surface area contributed by atoms with Crippen molar-refractivity contribution in [1.29, 1.82) is 0 Å². The molecule has 0 unspecified atom stereocenters. The van der Waals surface area contributed by atoms with Gasteiger partial charge in [0.1, 0.15) is 6.61 Å². The fraction of sp³-hybridized carbons (Fsp3) is 0.429. The second-order valence-corrected chi connectivity index (χ2v) is 11.2. The first-order valence-electron chi connectivity index (χ1n) is 12.3. The molecule has 0 fully saturated rings. The Morgan fingerprint density at radius 2 is 1.86 bits per heavy atom.